The Morgan fingerprint density at radius 1 is 1.36 bits per heavy atom. The van der Waals surface area contributed by atoms with Crippen LogP contribution in [0.4, 0.5) is 5.69 Å². The van der Waals surface area contributed by atoms with E-state index in [1.807, 2.05) is 38.3 Å². The number of likely N-dealkylation sites (tertiary alicyclic amines) is 1. The van der Waals surface area contributed by atoms with Crippen molar-refractivity contribution in [1.29, 1.82) is 5.41 Å². The Balaban J connectivity index is 0.00000237. The Kier molecular flexibility index (Phi) is 11.8. The van der Waals surface area contributed by atoms with Crippen molar-refractivity contribution in [3.8, 4) is 0 Å². The van der Waals surface area contributed by atoms with E-state index >= 15 is 0 Å². The molecule has 226 valence electrons. The van der Waals surface area contributed by atoms with Gasteiger partial charge in [-0.25, -0.2) is 0 Å². The summed E-state index contributed by atoms with van der Waals surface area (Å²) in [7, 11) is 0. The molecule has 2 saturated heterocycles. The number of aryl methyl sites for hydroxylation is 1. The number of carbonyl (C=O) groups excluding carboxylic acids is 1. The Bertz CT molecular complexity index is 1290. The number of allylic oxidation sites excluding steroid dienone is 4. The highest BCUT2D eigenvalue weighted by Gasteiger charge is 2.31. The van der Waals surface area contributed by atoms with E-state index in [2.05, 4.69) is 58.0 Å². The molecule has 4 heterocycles. The lowest BCUT2D eigenvalue weighted by Gasteiger charge is -2.31. The standard InChI is InChI=1S/C31H43N7O2.CH3N/c1-6-27(28-9-8-23(16-36-28)25(15-32)18-35-26-19-40-20-26)30(39)37-29-14-24(17-34-22(29)3)21(2)33-11-13-38-12-7-10-31(38,4)5;1-2/h8-9,14-18,26,33,36H,2,6-7,10-13,19-20,32H2,1,3-5H3,(H,37,39);2H,1H2/b25-15+,28-27+,35-18?;. The molecule has 0 saturated carbocycles. The monoisotopic (exact) mass is 574 g/mol. The van der Waals surface area contributed by atoms with Gasteiger partial charge in [-0.3, -0.25) is 19.7 Å². The van der Waals surface area contributed by atoms with Gasteiger partial charge < -0.3 is 31.8 Å². The van der Waals surface area contributed by atoms with Crippen molar-refractivity contribution in [2.75, 3.05) is 38.2 Å². The molecular weight excluding hydrogens is 528 g/mol. The minimum Gasteiger partial charge on any atom is -0.404 e. The molecule has 1 aromatic rings. The van der Waals surface area contributed by atoms with Crippen LogP contribution in [0.5, 0.6) is 0 Å². The summed E-state index contributed by atoms with van der Waals surface area (Å²) in [6, 6.07) is 2.12. The minimum absolute atomic E-state index is 0.176. The molecule has 10 nitrogen and oxygen atoms in total. The van der Waals surface area contributed by atoms with Crippen LogP contribution in [0.1, 0.15) is 51.3 Å². The molecule has 6 N–H and O–H groups in total. The van der Waals surface area contributed by atoms with Gasteiger partial charge in [-0.15, -0.1) is 0 Å². The van der Waals surface area contributed by atoms with Gasteiger partial charge >= 0.3 is 0 Å². The number of anilines is 1. The summed E-state index contributed by atoms with van der Waals surface area (Å²) in [5, 5.41) is 15.3. The first-order valence-electron chi connectivity index (χ1n) is 14.4. The van der Waals surface area contributed by atoms with Crippen LogP contribution in [-0.2, 0) is 9.53 Å². The molecule has 0 aromatic carbocycles. The molecule has 2 fully saturated rings. The molecule has 10 heteroatoms. The Morgan fingerprint density at radius 3 is 2.69 bits per heavy atom. The second kappa shape index (κ2) is 15.3. The maximum Gasteiger partial charge on any atom is 0.253 e. The van der Waals surface area contributed by atoms with E-state index in [1.54, 1.807) is 12.4 Å². The zero-order valence-electron chi connectivity index (χ0n) is 25.4. The van der Waals surface area contributed by atoms with Gasteiger partial charge in [0, 0.05) is 77.1 Å². The number of amides is 1. The van der Waals surface area contributed by atoms with Crippen molar-refractivity contribution in [3.05, 3.63) is 77.1 Å². The highest BCUT2D eigenvalue weighted by atomic mass is 16.5. The van der Waals surface area contributed by atoms with Crippen molar-refractivity contribution in [3.63, 3.8) is 0 Å². The van der Waals surface area contributed by atoms with Gasteiger partial charge in [0.25, 0.3) is 5.91 Å². The van der Waals surface area contributed by atoms with Gasteiger partial charge in [0.05, 0.1) is 30.6 Å². The quantitative estimate of drug-likeness (QED) is 0.198. The van der Waals surface area contributed by atoms with Gasteiger partial charge in [0.2, 0.25) is 0 Å². The normalized spacial score (nSPS) is 19.7. The molecule has 0 spiro atoms. The fourth-order valence-electron chi connectivity index (χ4n) is 5.02. The second-order valence-electron chi connectivity index (χ2n) is 11.0. The van der Waals surface area contributed by atoms with E-state index in [-0.39, 0.29) is 17.5 Å². The van der Waals surface area contributed by atoms with Gasteiger partial charge in [-0.05, 0) is 65.4 Å². The number of dihydropyridines is 1. The number of aliphatic imine (C=N–C) groups is 1. The van der Waals surface area contributed by atoms with Crippen molar-refractivity contribution in [2.45, 2.75) is 58.5 Å². The zero-order valence-corrected chi connectivity index (χ0v) is 25.4. The molecule has 1 aromatic heterocycles. The van der Waals surface area contributed by atoms with Crippen molar-refractivity contribution in [1.82, 2.24) is 20.5 Å². The summed E-state index contributed by atoms with van der Waals surface area (Å²) in [5.41, 5.74) is 12.2. The van der Waals surface area contributed by atoms with Gasteiger partial charge in [0.1, 0.15) is 0 Å². The lowest BCUT2D eigenvalue weighted by molar-refractivity contribution is -0.113. The van der Waals surface area contributed by atoms with Crippen LogP contribution < -0.4 is 21.7 Å². The average molecular weight is 575 g/mol. The van der Waals surface area contributed by atoms with Crippen LogP contribution in [0.25, 0.3) is 5.70 Å². The zero-order chi connectivity index (χ0) is 30.7. The van der Waals surface area contributed by atoms with Gasteiger partial charge in [-0.1, -0.05) is 19.6 Å². The van der Waals surface area contributed by atoms with E-state index in [0.717, 1.165) is 53.4 Å². The third kappa shape index (κ3) is 8.27. The van der Waals surface area contributed by atoms with Crippen molar-refractivity contribution >= 4 is 30.2 Å². The summed E-state index contributed by atoms with van der Waals surface area (Å²) in [5.74, 6) is -0.176. The second-order valence-corrected chi connectivity index (χ2v) is 11.0. The summed E-state index contributed by atoms with van der Waals surface area (Å²) in [6.45, 7) is 19.4. The molecule has 4 rings (SSSR count). The molecule has 3 aliphatic rings. The van der Waals surface area contributed by atoms with Crippen LogP contribution in [0.3, 0.4) is 0 Å². The molecule has 0 radical (unpaired) electrons. The highest BCUT2D eigenvalue weighted by Crippen LogP contribution is 2.27. The lowest BCUT2D eigenvalue weighted by atomic mass is 10.0. The summed E-state index contributed by atoms with van der Waals surface area (Å²) in [6.07, 6.45) is 13.8. The molecule has 0 unspecified atom stereocenters. The van der Waals surface area contributed by atoms with Crippen LogP contribution in [0, 0.1) is 12.3 Å². The smallest absolute Gasteiger partial charge is 0.253 e. The summed E-state index contributed by atoms with van der Waals surface area (Å²) >= 11 is 0. The van der Waals surface area contributed by atoms with E-state index in [4.69, 9.17) is 15.9 Å². The SMILES string of the molecule is C=C(NCCN1CCCC1(C)C)c1cnc(C)c(NC(=O)/C(CC)=C2\C=CC(/C(C=NC3COC3)=C/N)=CN2)c1.C=N. The van der Waals surface area contributed by atoms with Crippen LogP contribution >= 0.6 is 0 Å². The van der Waals surface area contributed by atoms with E-state index in [1.165, 1.54) is 19.0 Å². The van der Waals surface area contributed by atoms with E-state index < -0.39 is 0 Å². The largest absolute Gasteiger partial charge is 0.404 e. The van der Waals surface area contributed by atoms with Crippen molar-refractivity contribution < 1.29 is 9.53 Å². The van der Waals surface area contributed by atoms with Crippen LogP contribution in [-0.4, -0.2) is 73.2 Å². The number of aromatic nitrogens is 1. The number of hydrogen-bond donors (Lipinski definition) is 5. The first kappa shape index (κ1) is 32.5. The number of rotatable bonds is 11. The number of nitrogens with two attached hydrogens (primary N) is 1. The predicted octanol–water partition coefficient (Wildman–Crippen LogP) is 4.05. The first-order chi connectivity index (χ1) is 20.2. The number of hydrogen-bond acceptors (Lipinski definition) is 9. The molecule has 0 bridgehead atoms. The third-order valence-corrected chi connectivity index (χ3v) is 7.80. The number of pyridine rings is 1. The van der Waals surface area contributed by atoms with E-state index in [0.29, 0.717) is 30.9 Å². The topological polar surface area (TPSA) is 141 Å². The summed E-state index contributed by atoms with van der Waals surface area (Å²) in [4.78, 5) is 24.9. The van der Waals surface area contributed by atoms with Gasteiger partial charge in [0.15, 0.2) is 0 Å². The van der Waals surface area contributed by atoms with Gasteiger partial charge in [-0.2, -0.15) is 0 Å². The lowest BCUT2D eigenvalue weighted by Crippen LogP contribution is -2.41. The molecule has 0 aliphatic carbocycles. The van der Waals surface area contributed by atoms with Crippen LogP contribution in [0.2, 0.25) is 0 Å². The molecular formula is C32H46N8O2. The first-order valence-corrected chi connectivity index (χ1v) is 14.4. The van der Waals surface area contributed by atoms with Crippen LogP contribution in [0.15, 0.2) is 70.8 Å². The summed E-state index contributed by atoms with van der Waals surface area (Å²) < 4.78 is 5.17. The molecule has 3 aliphatic heterocycles. The predicted molar refractivity (Wildman–Crippen MR) is 172 cm³/mol. The minimum atomic E-state index is -0.176. The average Bonchev–Trinajstić information content (AvgIpc) is 3.30. The Labute approximate surface area is 250 Å². The number of ether oxygens (including phenoxy) is 1. The molecule has 42 heavy (non-hydrogen) atoms. The maximum atomic E-state index is 13.3. The number of carbonyl (C=O) groups is 1. The number of nitrogens with one attached hydrogen (secondary N) is 4. The third-order valence-electron chi connectivity index (χ3n) is 7.80. The van der Waals surface area contributed by atoms with Crippen molar-refractivity contribution in [2.24, 2.45) is 10.7 Å². The molecule has 1 amide bonds. The van der Waals surface area contributed by atoms with E-state index in [9.17, 15) is 4.79 Å². The fraction of sp³-hybridized carbons (Fsp3) is 0.438. The number of nitrogens with zero attached hydrogens (tertiary/aromatic N) is 3. The Morgan fingerprint density at radius 2 is 2.12 bits per heavy atom. The Hall–Kier alpha value is -4.02. The fourth-order valence-corrected chi connectivity index (χ4v) is 5.02. The molecule has 0 atom stereocenters. The highest BCUT2D eigenvalue weighted by molar-refractivity contribution is 6.05. The maximum absolute atomic E-state index is 13.3.